The van der Waals surface area contributed by atoms with E-state index < -0.39 is 0 Å². The van der Waals surface area contributed by atoms with Gasteiger partial charge in [0.1, 0.15) is 17.6 Å². The third-order valence-electron chi connectivity index (χ3n) is 7.74. The minimum atomic E-state index is 0.391. The Morgan fingerprint density at radius 3 is 2.24 bits per heavy atom. The van der Waals surface area contributed by atoms with Crippen molar-refractivity contribution in [3.8, 4) is 0 Å². The number of nitrogens with zero attached hydrogens (tertiary/aromatic N) is 2. The number of hydrogen-bond donors (Lipinski definition) is 0. The topological polar surface area (TPSA) is 29.3 Å². The largest absolute Gasteiger partial charge is 0.362 e. The van der Waals surface area contributed by atoms with Gasteiger partial charge in [-0.2, -0.15) is 0 Å². The minimum absolute atomic E-state index is 0.391. The molecular formula is C26H36N2O. The molecular weight excluding hydrogens is 356 g/mol. The molecule has 0 bridgehead atoms. The number of hydrogen-bond acceptors (Lipinski definition) is 3. The van der Waals surface area contributed by atoms with Crippen molar-refractivity contribution in [1.82, 2.24) is 5.16 Å². The van der Waals surface area contributed by atoms with Crippen molar-refractivity contribution < 1.29 is 4.52 Å². The maximum atomic E-state index is 5.71. The number of benzene rings is 1. The van der Waals surface area contributed by atoms with Crippen LogP contribution in [0.2, 0.25) is 0 Å². The van der Waals surface area contributed by atoms with Crippen LogP contribution in [0.4, 0.5) is 5.69 Å². The smallest absolute Gasteiger partial charge is 0.147 e. The maximum absolute atomic E-state index is 5.71. The molecule has 2 fully saturated rings. The van der Waals surface area contributed by atoms with Gasteiger partial charge < -0.3 is 9.42 Å². The van der Waals surface area contributed by atoms with Crippen LogP contribution in [0.15, 0.2) is 29.0 Å². The van der Waals surface area contributed by atoms with Gasteiger partial charge in [-0.05, 0) is 63.0 Å². The minimum Gasteiger partial charge on any atom is -0.362 e. The lowest BCUT2D eigenvalue weighted by Crippen LogP contribution is -2.45. The Morgan fingerprint density at radius 2 is 1.55 bits per heavy atom. The number of aromatic nitrogens is 1. The lowest BCUT2D eigenvalue weighted by Gasteiger charge is -2.43. The molecule has 3 nitrogen and oxygen atoms in total. The molecule has 0 amide bonds. The molecule has 0 radical (unpaired) electrons. The molecule has 3 aliphatic rings. The third kappa shape index (κ3) is 3.85. The molecule has 1 aromatic heterocycles. The first-order valence-electron chi connectivity index (χ1n) is 12.1. The summed E-state index contributed by atoms with van der Waals surface area (Å²) in [5, 5.41) is 4.66. The zero-order chi connectivity index (χ0) is 19.6. The SMILES string of the molecule is Cc1ccc2c(c1)CCCC2c1nocc1N(C1CCCCC1)C1CCCCC1. The Kier molecular flexibility index (Phi) is 5.65. The van der Waals surface area contributed by atoms with Crippen LogP contribution in [0.3, 0.4) is 0 Å². The van der Waals surface area contributed by atoms with Crippen molar-refractivity contribution in [2.24, 2.45) is 0 Å². The highest BCUT2D eigenvalue weighted by molar-refractivity contribution is 5.55. The second kappa shape index (κ2) is 8.53. The van der Waals surface area contributed by atoms with Crippen molar-refractivity contribution in [2.75, 3.05) is 4.90 Å². The van der Waals surface area contributed by atoms with E-state index in [1.807, 2.05) is 6.26 Å². The zero-order valence-corrected chi connectivity index (χ0v) is 18.0. The summed E-state index contributed by atoms with van der Waals surface area (Å²) in [6.07, 6.45) is 19.3. The predicted octanol–water partition coefficient (Wildman–Crippen LogP) is 6.92. The lowest BCUT2D eigenvalue weighted by atomic mass is 9.79. The van der Waals surface area contributed by atoms with Crippen molar-refractivity contribution in [3.05, 3.63) is 46.8 Å². The van der Waals surface area contributed by atoms with Crippen LogP contribution in [-0.4, -0.2) is 17.2 Å². The summed E-state index contributed by atoms with van der Waals surface area (Å²) >= 11 is 0. The Labute approximate surface area is 175 Å². The van der Waals surface area contributed by atoms with Crippen LogP contribution in [-0.2, 0) is 6.42 Å². The molecule has 29 heavy (non-hydrogen) atoms. The van der Waals surface area contributed by atoms with Crippen molar-refractivity contribution in [2.45, 2.75) is 108 Å². The second-order valence-corrected chi connectivity index (χ2v) is 9.72. The molecule has 1 atom stereocenters. The molecule has 5 rings (SSSR count). The molecule has 3 heteroatoms. The molecule has 0 spiro atoms. The van der Waals surface area contributed by atoms with E-state index in [1.54, 1.807) is 0 Å². The molecule has 0 aliphatic heterocycles. The van der Waals surface area contributed by atoms with E-state index >= 15 is 0 Å². The highest BCUT2D eigenvalue weighted by Gasteiger charge is 2.35. The van der Waals surface area contributed by atoms with E-state index in [0.29, 0.717) is 18.0 Å². The first-order valence-corrected chi connectivity index (χ1v) is 12.1. The van der Waals surface area contributed by atoms with Gasteiger partial charge in [0.25, 0.3) is 0 Å². The lowest BCUT2D eigenvalue weighted by molar-refractivity contribution is 0.338. The van der Waals surface area contributed by atoms with Crippen molar-refractivity contribution in [1.29, 1.82) is 0 Å². The monoisotopic (exact) mass is 392 g/mol. The van der Waals surface area contributed by atoms with E-state index in [1.165, 1.54) is 112 Å². The van der Waals surface area contributed by atoms with Gasteiger partial charge in [-0.3, -0.25) is 0 Å². The van der Waals surface area contributed by atoms with E-state index in [2.05, 4.69) is 35.2 Å². The van der Waals surface area contributed by atoms with E-state index in [9.17, 15) is 0 Å². The van der Waals surface area contributed by atoms with Crippen molar-refractivity contribution in [3.63, 3.8) is 0 Å². The van der Waals surface area contributed by atoms with E-state index in [-0.39, 0.29) is 0 Å². The van der Waals surface area contributed by atoms with Gasteiger partial charge in [-0.1, -0.05) is 67.4 Å². The third-order valence-corrected chi connectivity index (χ3v) is 7.74. The molecule has 0 saturated heterocycles. The Bertz CT molecular complexity index is 796. The number of aryl methyl sites for hydroxylation is 2. The van der Waals surface area contributed by atoms with Crippen LogP contribution in [0.1, 0.15) is 105 Å². The number of rotatable bonds is 4. The summed E-state index contributed by atoms with van der Waals surface area (Å²) in [4.78, 5) is 2.80. The Morgan fingerprint density at radius 1 is 0.862 bits per heavy atom. The molecule has 0 N–H and O–H groups in total. The summed E-state index contributed by atoms with van der Waals surface area (Å²) in [6, 6.07) is 8.37. The van der Waals surface area contributed by atoms with Gasteiger partial charge >= 0.3 is 0 Å². The molecule has 156 valence electrons. The first kappa shape index (κ1) is 19.2. The quantitative estimate of drug-likeness (QED) is 0.565. The molecule has 1 unspecified atom stereocenters. The summed E-state index contributed by atoms with van der Waals surface area (Å²) < 4.78 is 5.71. The van der Waals surface area contributed by atoms with Gasteiger partial charge in [-0.25, -0.2) is 0 Å². The van der Waals surface area contributed by atoms with Gasteiger partial charge in [-0.15, -0.1) is 0 Å². The standard InChI is InChI=1S/C26H36N2O/c1-19-15-16-23-20(17-19)9-8-14-24(23)26-25(18-29-27-26)28(21-10-4-2-5-11-21)22-12-6-3-7-13-22/h15-18,21-22,24H,2-14H2,1H3. The molecule has 2 aromatic rings. The van der Waals surface area contributed by atoms with Crippen LogP contribution in [0.25, 0.3) is 0 Å². The van der Waals surface area contributed by atoms with Crippen LogP contribution >= 0.6 is 0 Å². The average Bonchev–Trinajstić information content (AvgIpc) is 3.24. The van der Waals surface area contributed by atoms with Crippen LogP contribution in [0.5, 0.6) is 0 Å². The van der Waals surface area contributed by atoms with E-state index in [0.717, 1.165) is 0 Å². The number of fused-ring (bicyclic) bond motifs is 1. The predicted molar refractivity (Wildman–Crippen MR) is 119 cm³/mol. The fraction of sp³-hybridized carbons (Fsp3) is 0.654. The summed E-state index contributed by atoms with van der Waals surface area (Å²) in [5.41, 5.74) is 6.92. The highest BCUT2D eigenvalue weighted by atomic mass is 16.5. The zero-order valence-electron chi connectivity index (χ0n) is 18.0. The first-order chi connectivity index (χ1) is 14.3. The average molecular weight is 393 g/mol. The summed E-state index contributed by atoms with van der Waals surface area (Å²) in [7, 11) is 0. The van der Waals surface area contributed by atoms with Crippen molar-refractivity contribution >= 4 is 5.69 Å². The Balaban J connectivity index is 1.52. The second-order valence-electron chi connectivity index (χ2n) is 9.72. The van der Waals surface area contributed by atoms with E-state index in [4.69, 9.17) is 4.52 Å². The normalized spacial score (nSPS) is 23.7. The van der Waals surface area contributed by atoms with Gasteiger partial charge in [0.2, 0.25) is 0 Å². The summed E-state index contributed by atoms with van der Waals surface area (Å²) in [5.74, 6) is 0.391. The fourth-order valence-corrected chi connectivity index (χ4v) is 6.31. The number of anilines is 1. The summed E-state index contributed by atoms with van der Waals surface area (Å²) in [6.45, 7) is 2.21. The van der Waals surface area contributed by atoms with Crippen LogP contribution < -0.4 is 4.90 Å². The van der Waals surface area contributed by atoms with Gasteiger partial charge in [0.15, 0.2) is 0 Å². The maximum Gasteiger partial charge on any atom is 0.147 e. The molecule has 1 aromatic carbocycles. The molecule has 3 aliphatic carbocycles. The Hall–Kier alpha value is -1.77. The highest BCUT2D eigenvalue weighted by Crippen LogP contribution is 2.43. The van der Waals surface area contributed by atoms with Crippen LogP contribution in [0, 0.1) is 6.92 Å². The van der Waals surface area contributed by atoms with Gasteiger partial charge in [0.05, 0.1) is 0 Å². The fourth-order valence-electron chi connectivity index (χ4n) is 6.31. The molecule has 1 heterocycles. The van der Waals surface area contributed by atoms with Gasteiger partial charge in [0, 0.05) is 18.0 Å². The molecule has 2 saturated carbocycles.